The molecule has 0 amide bonds. The van der Waals surface area contributed by atoms with Gasteiger partial charge in [0.15, 0.2) is 0 Å². The molecule has 8 heteroatoms. The summed E-state index contributed by atoms with van der Waals surface area (Å²) in [6.07, 6.45) is 1.48. The van der Waals surface area contributed by atoms with Gasteiger partial charge in [-0.05, 0) is 19.4 Å². The van der Waals surface area contributed by atoms with Gasteiger partial charge < -0.3 is 0 Å². The first-order valence-electron chi connectivity index (χ1n) is 4.79. The average Bonchev–Trinajstić information content (AvgIpc) is 2.25. The van der Waals surface area contributed by atoms with Crippen molar-refractivity contribution in [1.82, 2.24) is 4.98 Å². The van der Waals surface area contributed by atoms with Gasteiger partial charge in [0.1, 0.15) is 0 Å². The fraction of sp³-hybridized carbons (Fsp3) is 0.444. The van der Waals surface area contributed by atoms with Crippen molar-refractivity contribution in [1.29, 1.82) is 0 Å². The second-order valence-electron chi connectivity index (χ2n) is 3.40. The van der Waals surface area contributed by atoms with Gasteiger partial charge in [-0.3, -0.25) is 10.1 Å². The summed E-state index contributed by atoms with van der Waals surface area (Å²) in [6.45, 7) is 1.47. The quantitative estimate of drug-likeness (QED) is 0.464. The first-order chi connectivity index (χ1) is 7.90. The summed E-state index contributed by atoms with van der Waals surface area (Å²) < 4.78 is 23.7. The molecule has 0 bridgehead atoms. The first-order valence-corrected chi connectivity index (χ1v) is 6.97. The van der Waals surface area contributed by atoms with Crippen LogP contribution in [0.15, 0.2) is 17.3 Å². The third kappa shape index (κ3) is 3.13. The lowest BCUT2D eigenvalue weighted by Crippen LogP contribution is -2.12. The van der Waals surface area contributed by atoms with Crippen molar-refractivity contribution in [2.24, 2.45) is 0 Å². The molecule has 6 nitrogen and oxygen atoms in total. The Morgan fingerprint density at radius 3 is 2.71 bits per heavy atom. The molecule has 0 aliphatic rings. The lowest BCUT2D eigenvalue weighted by Gasteiger charge is -2.04. The summed E-state index contributed by atoms with van der Waals surface area (Å²) in [7, 11) is -3.76. The Kier molecular flexibility index (Phi) is 4.41. The van der Waals surface area contributed by atoms with Gasteiger partial charge >= 0.3 is 5.69 Å². The van der Waals surface area contributed by atoms with E-state index in [1.807, 2.05) is 0 Å². The Morgan fingerprint density at radius 1 is 1.53 bits per heavy atom. The number of sulfone groups is 1. The van der Waals surface area contributed by atoms with E-state index in [9.17, 15) is 18.5 Å². The first kappa shape index (κ1) is 13.9. The van der Waals surface area contributed by atoms with Gasteiger partial charge in [0.2, 0.25) is 14.9 Å². The predicted octanol–water partition coefficient (Wildman–Crippen LogP) is 1.70. The molecule has 17 heavy (non-hydrogen) atoms. The molecule has 1 heterocycles. The van der Waals surface area contributed by atoms with Crippen LogP contribution in [0.4, 0.5) is 5.69 Å². The number of nitro groups is 1. The van der Waals surface area contributed by atoms with Crippen LogP contribution in [0.25, 0.3) is 0 Å². The number of nitrogens with zero attached hydrogens (tertiary/aromatic N) is 2. The second kappa shape index (κ2) is 5.42. The monoisotopic (exact) mass is 278 g/mol. The minimum Gasteiger partial charge on any atom is -0.258 e. The van der Waals surface area contributed by atoms with E-state index in [0.29, 0.717) is 0 Å². The Labute approximate surface area is 104 Å². The normalized spacial score (nSPS) is 11.4. The number of hydrogen-bond acceptors (Lipinski definition) is 5. The van der Waals surface area contributed by atoms with Gasteiger partial charge in [0, 0.05) is 17.6 Å². The standard InChI is InChI=1S/C9H11ClN2O4S/c1-7-3-5-11-9(8(7)12(13)14)17(15,16)6-2-4-10/h3,5H,2,4,6H2,1H3. The summed E-state index contributed by atoms with van der Waals surface area (Å²) >= 11 is 5.41. The zero-order valence-corrected chi connectivity index (χ0v) is 10.7. The van der Waals surface area contributed by atoms with Crippen molar-refractivity contribution in [3.05, 3.63) is 27.9 Å². The average molecular weight is 279 g/mol. The Bertz CT molecular complexity index is 530. The molecule has 94 valence electrons. The van der Waals surface area contributed by atoms with Crippen molar-refractivity contribution in [2.45, 2.75) is 18.4 Å². The molecule has 0 N–H and O–H groups in total. The van der Waals surface area contributed by atoms with Crippen molar-refractivity contribution in [3.8, 4) is 0 Å². The largest absolute Gasteiger partial charge is 0.309 e. The van der Waals surface area contributed by atoms with Gasteiger partial charge in [0.05, 0.1) is 10.7 Å². The molecule has 0 saturated carbocycles. The van der Waals surface area contributed by atoms with Crippen molar-refractivity contribution in [2.75, 3.05) is 11.6 Å². The molecule has 0 spiro atoms. The molecule has 1 rings (SSSR count). The van der Waals surface area contributed by atoms with Gasteiger partial charge in [-0.2, -0.15) is 0 Å². The highest BCUT2D eigenvalue weighted by Gasteiger charge is 2.28. The highest BCUT2D eigenvalue weighted by atomic mass is 35.5. The van der Waals surface area contributed by atoms with Crippen LogP contribution >= 0.6 is 11.6 Å². The molecule has 0 aliphatic carbocycles. The molecule has 0 fully saturated rings. The molecule has 1 aromatic rings. The van der Waals surface area contributed by atoms with E-state index >= 15 is 0 Å². The number of pyridine rings is 1. The zero-order chi connectivity index (χ0) is 13.1. The number of rotatable bonds is 5. The van der Waals surface area contributed by atoms with Crippen LogP contribution in [0.5, 0.6) is 0 Å². The number of aryl methyl sites for hydroxylation is 1. The molecule has 0 aromatic carbocycles. The summed E-state index contributed by atoms with van der Waals surface area (Å²) in [6, 6.07) is 1.40. The maximum Gasteiger partial charge on any atom is 0.309 e. The van der Waals surface area contributed by atoms with E-state index < -0.39 is 25.5 Å². The molecule has 0 radical (unpaired) electrons. The highest BCUT2D eigenvalue weighted by Crippen LogP contribution is 2.26. The van der Waals surface area contributed by atoms with E-state index in [4.69, 9.17) is 11.6 Å². The van der Waals surface area contributed by atoms with Crippen molar-refractivity contribution >= 4 is 27.1 Å². The van der Waals surface area contributed by atoms with Crippen LogP contribution in [0.3, 0.4) is 0 Å². The van der Waals surface area contributed by atoms with E-state index in [1.165, 1.54) is 19.2 Å². The maximum absolute atomic E-state index is 11.8. The van der Waals surface area contributed by atoms with Crippen LogP contribution in [-0.2, 0) is 9.84 Å². The summed E-state index contributed by atoms with van der Waals surface area (Å²) in [5, 5.41) is 10.4. The Morgan fingerprint density at radius 2 is 2.18 bits per heavy atom. The van der Waals surface area contributed by atoms with Crippen LogP contribution in [-0.4, -0.2) is 30.0 Å². The minimum absolute atomic E-state index is 0.179. The Hall–Kier alpha value is -1.21. The van der Waals surface area contributed by atoms with E-state index in [1.54, 1.807) is 0 Å². The molecule has 0 unspecified atom stereocenters. The minimum atomic E-state index is -3.76. The molecule has 1 aromatic heterocycles. The third-order valence-corrected chi connectivity index (χ3v) is 4.10. The third-order valence-electron chi connectivity index (χ3n) is 2.12. The maximum atomic E-state index is 11.8. The van der Waals surface area contributed by atoms with E-state index in [-0.39, 0.29) is 23.6 Å². The SMILES string of the molecule is Cc1ccnc(S(=O)(=O)CCCCl)c1[N+](=O)[O-]. The van der Waals surface area contributed by atoms with E-state index in [2.05, 4.69) is 4.98 Å². The van der Waals surface area contributed by atoms with Crippen LogP contribution in [0, 0.1) is 17.0 Å². The van der Waals surface area contributed by atoms with Gasteiger partial charge in [-0.1, -0.05) is 0 Å². The lowest BCUT2D eigenvalue weighted by molar-refractivity contribution is -0.388. The van der Waals surface area contributed by atoms with E-state index in [0.717, 1.165) is 0 Å². The van der Waals surface area contributed by atoms with Crippen molar-refractivity contribution in [3.63, 3.8) is 0 Å². The number of aromatic nitrogens is 1. The van der Waals surface area contributed by atoms with Gasteiger partial charge in [-0.25, -0.2) is 13.4 Å². The number of hydrogen-bond donors (Lipinski definition) is 0. The van der Waals surface area contributed by atoms with Crippen molar-refractivity contribution < 1.29 is 13.3 Å². The smallest absolute Gasteiger partial charge is 0.258 e. The van der Waals surface area contributed by atoms with Crippen LogP contribution in [0.2, 0.25) is 0 Å². The predicted molar refractivity (Wildman–Crippen MR) is 63.0 cm³/mol. The fourth-order valence-corrected chi connectivity index (χ4v) is 3.08. The second-order valence-corrected chi connectivity index (χ2v) is 5.80. The fourth-order valence-electron chi connectivity index (χ4n) is 1.32. The molecule has 0 aliphatic heterocycles. The van der Waals surface area contributed by atoms with Crippen LogP contribution < -0.4 is 0 Å². The van der Waals surface area contributed by atoms with Gasteiger partial charge in [-0.15, -0.1) is 11.6 Å². The summed E-state index contributed by atoms with van der Waals surface area (Å²) in [4.78, 5) is 13.7. The topological polar surface area (TPSA) is 90.2 Å². The van der Waals surface area contributed by atoms with Gasteiger partial charge in [0.25, 0.3) is 0 Å². The number of halogens is 1. The summed E-state index contributed by atoms with van der Waals surface area (Å²) in [5.41, 5.74) is -0.184. The van der Waals surface area contributed by atoms with Crippen LogP contribution in [0.1, 0.15) is 12.0 Å². The lowest BCUT2D eigenvalue weighted by atomic mass is 10.3. The zero-order valence-electron chi connectivity index (χ0n) is 9.09. The molecule has 0 atom stereocenters. The molecular formula is C9H11ClN2O4S. The Balaban J connectivity index is 3.31. The molecular weight excluding hydrogens is 268 g/mol. The highest BCUT2D eigenvalue weighted by molar-refractivity contribution is 7.91. The number of alkyl halides is 1. The summed E-state index contributed by atoms with van der Waals surface area (Å²) in [5.74, 6) is -0.0629. The molecule has 0 saturated heterocycles.